The number of methoxy groups -OCH3 is 1. The molecule has 7 nitrogen and oxygen atoms in total. The molecule has 2 N–H and O–H groups in total. The van der Waals surface area contributed by atoms with Crippen LogP contribution in [0.3, 0.4) is 0 Å². The molecule has 27 heavy (non-hydrogen) atoms. The van der Waals surface area contributed by atoms with Gasteiger partial charge in [0.15, 0.2) is 11.5 Å². The van der Waals surface area contributed by atoms with Crippen LogP contribution in [0.5, 0.6) is 11.5 Å². The maximum atomic E-state index is 12.8. The molecule has 0 atom stereocenters. The summed E-state index contributed by atoms with van der Waals surface area (Å²) in [6, 6.07) is 8.96. The molecule has 1 aliphatic rings. The van der Waals surface area contributed by atoms with Crippen molar-refractivity contribution in [1.82, 2.24) is 5.32 Å². The highest BCUT2D eigenvalue weighted by Gasteiger charge is 2.37. The van der Waals surface area contributed by atoms with E-state index in [9.17, 15) is 19.5 Å². The smallest absolute Gasteiger partial charge is 0.335 e. The van der Waals surface area contributed by atoms with Crippen molar-refractivity contribution in [2.75, 3.05) is 12.0 Å². The Morgan fingerprint density at radius 3 is 2.44 bits per heavy atom. The number of aryl methyl sites for hydroxylation is 1. The van der Waals surface area contributed by atoms with Gasteiger partial charge in [-0.05, 0) is 37.3 Å². The summed E-state index contributed by atoms with van der Waals surface area (Å²) in [6.07, 6.45) is 1.22. The van der Waals surface area contributed by atoms with Crippen molar-refractivity contribution >= 4 is 45.5 Å². The Kier molecular flexibility index (Phi) is 5.00. The number of phenols is 1. The minimum Gasteiger partial charge on any atom is -0.504 e. The number of hydrogen-bond donors (Lipinski definition) is 2. The quantitative estimate of drug-likeness (QED) is 0.575. The lowest BCUT2D eigenvalue weighted by molar-refractivity contribution is -0.122. The van der Waals surface area contributed by atoms with Crippen LogP contribution in [0.4, 0.5) is 10.5 Å². The predicted molar refractivity (Wildman–Crippen MR) is 103 cm³/mol. The summed E-state index contributed by atoms with van der Waals surface area (Å²) < 4.78 is 5.65. The van der Waals surface area contributed by atoms with Crippen LogP contribution >= 0.6 is 15.9 Å². The molecule has 3 rings (SSSR count). The molecule has 0 unspecified atom stereocenters. The minimum absolute atomic E-state index is 0.173. The van der Waals surface area contributed by atoms with Crippen molar-refractivity contribution in [3.05, 3.63) is 57.6 Å². The highest BCUT2D eigenvalue weighted by molar-refractivity contribution is 9.10. The molecule has 138 valence electrons. The third-order valence-corrected chi connectivity index (χ3v) is 4.44. The Hall–Kier alpha value is -3.13. The Morgan fingerprint density at radius 2 is 1.81 bits per heavy atom. The Morgan fingerprint density at radius 1 is 1.15 bits per heavy atom. The number of aromatic hydroxyl groups is 1. The van der Waals surface area contributed by atoms with Crippen LogP contribution in [0.1, 0.15) is 11.1 Å². The standard InChI is InChI=1S/C19H15BrN2O5/c1-10-3-5-13(6-4-10)22-18(25)14(17(24)21-19(22)26)8-11-7-12(20)9-15(27-2)16(11)23/h3-9,23H,1-2H3,(H,21,24,26)/b14-8-. The second-order valence-corrected chi connectivity index (χ2v) is 6.75. The van der Waals surface area contributed by atoms with Gasteiger partial charge in [0.05, 0.1) is 12.8 Å². The summed E-state index contributed by atoms with van der Waals surface area (Å²) in [7, 11) is 1.38. The van der Waals surface area contributed by atoms with Gasteiger partial charge in [-0.2, -0.15) is 0 Å². The van der Waals surface area contributed by atoms with E-state index in [-0.39, 0.29) is 22.6 Å². The third kappa shape index (κ3) is 3.56. The van der Waals surface area contributed by atoms with Crippen LogP contribution < -0.4 is 15.0 Å². The van der Waals surface area contributed by atoms with E-state index in [0.29, 0.717) is 10.2 Å². The van der Waals surface area contributed by atoms with E-state index in [4.69, 9.17) is 4.74 Å². The van der Waals surface area contributed by atoms with Crippen LogP contribution in [0.25, 0.3) is 6.08 Å². The SMILES string of the molecule is COc1cc(Br)cc(/C=C2/C(=O)NC(=O)N(c3ccc(C)cc3)C2=O)c1O. The highest BCUT2D eigenvalue weighted by atomic mass is 79.9. The fraction of sp³-hybridized carbons (Fsp3) is 0.105. The van der Waals surface area contributed by atoms with E-state index in [1.54, 1.807) is 30.3 Å². The molecule has 0 spiro atoms. The van der Waals surface area contributed by atoms with Crippen molar-refractivity contribution in [3.8, 4) is 11.5 Å². The summed E-state index contributed by atoms with van der Waals surface area (Å²) in [5.41, 5.74) is 1.20. The normalized spacial score (nSPS) is 15.9. The Labute approximate surface area is 163 Å². The molecule has 0 saturated carbocycles. The van der Waals surface area contributed by atoms with Gasteiger partial charge in [0, 0.05) is 10.0 Å². The lowest BCUT2D eigenvalue weighted by Gasteiger charge is -2.26. The largest absolute Gasteiger partial charge is 0.504 e. The number of imide groups is 2. The van der Waals surface area contributed by atoms with Gasteiger partial charge < -0.3 is 9.84 Å². The van der Waals surface area contributed by atoms with Gasteiger partial charge >= 0.3 is 6.03 Å². The zero-order valence-corrected chi connectivity index (χ0v) is 16.0. The van der Waals surface area contributed by atoms with Crippen molar-refractivity contribution < 1.29 is 24.2 Å². The van der Waals surface area contributed by atoms with Gasteiger partial charge in [-0.15, -0.1) is 0 Å². The number of amides is 4. The second kappa shape index (κ2) is 7.24. The Bertz CT molecular complexity index is 982. The molecule has 0 aromatic heterocycles. The van der Waals surface area contributed by atoms with E-state index in [0.717, 1.165) is 10.5 Å². The number of nitrogens with zero attached hydrogens (tertiary/aromatic N) is 1. The molecule has 2 aromatic rings. The molecule has 0 aliphatic carbocycles. The first-order valence-corrected chi connectivity index (χ1v) is 8.65. The van der Waals surface area contributed by atoms with E-state index >= 15 is 0 Å². The number of rotatable bonds is 3. The number of hydrogen-bond acceptors (Lipinski definition) is 5. The molecule has 1 fully saturated rings. The second-order valence-electron chi connectivity index (χ2n) is 5.84. The lowest BCUT2D eigenvalue weighted by Crippen LogP contribution is -2.54. The molecule has 1 saturated heterocycles. The van der Waals surface area contributed by atoms with Crippen molar-refractivity contribution in [2.45, 2.75) is 6.92 Å². The van der Waals surface area contributed by atoms with Gasteiger partial charge in [0.1, 0.15) is 5.57 Å². The molecule has 4 amide bonds. The number of urea groups is 1. The highest BCUT2D eigenvalue weighted by Crippen LogP contribution is 2.35. The number of anilines is 1. The van der Waals surface area contributed by atoms with Crippen LogP contribution in [-0.4, -0.2) is 30.1 Å². The van der Waals surface area contributed by atoms with Crippen molar-refractivity contribution in [1.29, 1.82) is 0 Å². The lowest BCUT2D eigenvalue weighted by atomic mass is 10.1. The summed E-state index contributed by atoms with van der Waals surface area (Å²) in [6.45, 7) is 1.88. The maximum absolute atomic E-state index is 12.8. The molecule has 0 bridgehead atoms. The van der Waals surface area contributed by atoms with Gasteiger partial charge in [-0.3, -0.25) is 14.9 Å². The van der Waals surface area contributed by atoms with E-state index in [1.165, 1.54) is 19.3 Å². The molecule has 1 aliphatic heterocycles. The first-order chi connectivity index (χ1) is 12.8. The van der Waals surface area contributed by atoms with E-state index < -0.39 is 17.8 Å². The van der Waals surface area contributed by atoms with Crippen LogP contribution in [-0.2, 0) is 9.59 Å². The summed E-state index contributed by atoms with van der Waals surface area (Å²) in [4.78, 5) is 38.1. The number of benzene rings is 2. The minimum atomic E-state index is -0.841. The number of ether oxygens (including phenoxy) is 1. The average Bonchev–Trinajstić information content (AvgIpc) is 2.62. The zero-order chi connectivity index (χ0) is 19.7. The van der Waals surface area contributed by atoms with E-state index in [1.807, 2.05) is 6.92 Å². The number of barbiturate groups is 1. The van der Waals surface area contributed by atoms with Gasteiger partial charge in [0.25, 0.3) is 11.8 Å². The van der Waals surface area contributed by atoms with Crippen LogP contribution in [0.15, 0.2) is 46.4 Å². The van der Waals surface area contributed by atoms with Gasteiger partial charge in [0.2, 0.25) is 0 Å². The Balaban J connectivity index is 2.07. The van der Waals surface area contributed by atoms with Gasteiger partial charge in [-0.25, -0.2) is 9.69 Å². The van der Waals surface area contributed by atoms with Crippen LogP contribution in [0.2, 0.25) is 0 Å². The number of nitrogens with one attached hydrogen (secondary N) is 1. The molecule has 2 aromatic carbocycles. The maximum Gasteiger partial charge on any atom is 0.335 e. The number of carbonyl (C=O) groups excluding carboxylic acids is 3. The molecular formula is C19H15BrN2O5. The molecule has 0 radical (unpaired) electrons. The molecule has 8 heteroatoms. The monoisotopic (exact) mass is 430 g/mol. The summed E-state index contributed by atoms with van der Waals surface area (Å²) in [5, 5.41) is 12.4. The first kappa shape index (κ1) is 18.7. The van der Waals surface area contributed by atoms with Gasteiger partial charge in [-0.1, -0.05) is 33.6 Å². The number of phenolic OH excluding ortho intramolecular Hbond substituents is 1. The average molecular weight is 431 g/mol. The zero-order valence-electron chi connectivity index (χ0n) is 14.4. The summed E-state index contributed by atoms with van der Waals surface area (Å²) in [5.74, 6) is -1.68. The van der Waals surface area contributed by atoms with E-state index in [2.05, 4.69) is 21.2 Å². The topological polar surface area (TPSA) is 95.9 Å². The molecular weight excluding hydrogens is 416 g/mol. The third-order valence-electron chi connectivity index (χ3n) is 3.98. The van der Waals surface area contributed by atoms with Crippen molar-refractivity contribution in [2.24, 2.45) is 0 Å². The number of carbonyl (C=O) groups is 3. The summed E-state index contributed by atoms with van der Waals surface area (Å²) >= 11 is 3.28. The first-order valence-electron chi connectivity index (χ1n) is 7.86. The fourth-order valence-electron chi connectivity index (χ4n) is 2.60. The molecule has 1 heterocycles. The van der Waals surface area contributed by atoms with Crippen molar-refractivity contribution in [3.63, 3.8) is 0 Å². The van der Waals surface area contributed by atoms with Crippen LogP contribution in [0, 0.1) is 6.92 Å². The predicted octanol–water partition coefficient (Wildman–Crippen LogP) is 3.14. The fourth-order valence-corrected chi connectivity index (χ4v) is 3.06. The number of halogens is 1.